The lowest BCUT2D eigenvalue weighted by molar-refractivity contribution is -0.141. The van der Waals surface area contributed by atoms with Gasteiger partial charge >= 0.3 is 0 Å². The molecule has 3 fully saturated rings. The molecule has 0 atom stereocenters. The molecule has 0 radical (unpaired) electrons. The number of para-hydroxylation sites is 1. The van der Waals surface area contributed by atoms with Crippen LogP contribution in [-0.4, -0.2) is 91.6 Å². The first-order valence-electron chi connectivity index (χ1n) is 13.4. The minimum atomic E-state index is -0.800. The fraction of sp³-hybridized carbons (Fsp3) is 0.483. The van der Waals surface area contributed by atoms with Gasteiger partial charge in [0.1, 0.15) is 29.1 Å². The number of benzene rings is 2. The maximum atomic E-state index is 14.0. The van der Waals surface area contributed by atoms with E-state index in [9.17, 15) is 14.4 Å². The molecule has 3 aliphatic rings. The number of carbonyl (C=O) groups excluding carboxylic acids is 3. The first-order chi connectivity index (χ1) is 18.5. The largest absolute Gasteiger partial charge is 0.496 e. The van der Waals surface area contributed by atoms with E-state index in [1.165, 1.54) is 14.2 Å². The summed E-state index contributed by atoms with van der Waals surface area (Å²) in [6.07, 6.45) is 4.12. The summed E-state index contributed by atoms with van der Waals surface area (Å²) in [5, 5.41) is 0. The van der Waals surface area contributed by atoms with Crippen LogP contribution >= 0.6 is 0 Å². The number of carbonyl (C=O) groups is 3. The molecule has 3 amide bonds. The zero-order chi connectivity index (χ0) is 26.7. The third-order valence-corrected chi connectivity index (χ3v) is 8.14. The van der Waals surface area contributed by atoms with Crippen LogP contribution in [0.4, 0.5) is 5.69 Å². The molecule has 202 valence electrons. The number of ether oxygens (including phenoxy) is 2. The maximum absolute atomic E-state index is 14.0. The van der Waals surface area contributed by atoms with Crippen LogP contribution in [0.2, 0.25) is 0 Å². The fourth-order valence-corrected chi connectivity index (χ4v) is 6.03. The normalized spacial score (nSPS) is 19.2. The lowest BCUT2D eigenvalue weighted by Crippen LogP contribution is -2.57. The van der Waals surface area contributed by atoms with Gasteiger partial charge in [0.2, 0.25) is 5.91 Å². The van der Waals surface area contributed by atoms with Crippen LogP contribution in [0.5, 0.6) is 11.5 Å². The molecule has 2 aromatic rings. The van der Waals surface area contributed by atoms with Crippen LogP contribution in [0.15, 0.2) is 48.5 Å². The second-order valence-electron chi connectivity index (χ2n) is 10.2. The quantitative estimate of drug-likeness (QED) is 0.583. The zero-order valence-electron chi connectivity index (χ0n) is 22.2. The first kappa shape index (κ1) is 25.9. The summed E-state index contributed by atoms with van der Waals surface area (Å²) in [6, 6.07) is 15.2. The first-order valence-corrected chi connectivity index (χ1v) is 13.4. The Hall–Kier alpha value is -3.75. The van der Waals surface area contributed by atoms with E-state index in [1.807, 2.05) is 35.2 Å². The number of amides is 3. The van der Waals surface area contributed by atoms with Crippen LogP contribution in [0.1, 0.15) is 42.5 Å². The Morgan fingerprint density at radius 3 is 2.05 bits per heavy atom. The minimum absolute atomic E-state index is 0.0130. The smallest absolute Gasteiger partial charge is 0.261 e. The van der Waals surface area contributed by atoms with E-state index in [0.717, 1.165) is 38.0 Å². The number of piperidine rings is 2. The van der Waals surface area contributed by atoms with E-state index in [1.54, 1.807) is 28.0 Å². The SMILES string of the molecule is COc1cccc(OC)c1C(=O)N1CCC2(CC1)C(=O)N(CC(=O)N1CCCCC1)CN2c1ccccc1. The Kier molecular flexibility index (Phi) is 7.44. The van der Waals surface area contributed by atoms with Crippen molar-refractivity contribution >= 4 is 23.4 Å². The van der Waals surface area contributed by atoms with Crippen molar-refractivity contribution in [3.05, 3.63) is 54.1 Å². The lowest BCUT2D eigenvalue weighted by atomic mass is 9.85. The average molecular weight is 521 g/mol. The molecule has 0 bridgehead atoms. The van der Waals surface area contributed by atoms with Gasteiger partial charge in [0.05, 0.1) is 20.9 Å². The number of nitrogens with zero attached hydrogens (tertiary/aromatic N) is 4. The van der Waals surface area contributed by atoms with Gasteiger partial charge in [-0.05, 0) is 56.4 Å². The molecule has 0 unspecified atom stereocenters. The fourth-order valence-electron chi connectivity index (χ4n) is 6.03. The highest BCUT2D eigenvalue weighted by molar-refractivity contribution is 6.00. The molecule has 5 rings (SSSR count). The molecular formula is C29H36N4O5. The third kappa shape index (κ3) is 4.66. The highest BCUT2D eigenvalue weighted by atomic mass is 16.5. The molecule has 9 heteroatoms. The number of hydrogen-bond acceptors (Lipinski definition) is 6. The van der Waals surface area contributed by atoms with Gasteiger partial charge in [-0.15, -0.1) is 0 Å². The van der Waals surface area contributed by atoms with Crippen LogP contribution in [0, 0.1) is 0 Å². The van der Waals surface area contributed by atoms with Crippen molar-refractivity contribution in [2.45, 2.75) is 37.6 Å². The molecular weight excluding hydrogens is 484 g/mol. The van der Waals surface area contributed by atoms with Gasteiger partial charge in [0.25, 0.3) is 11.8 Å². The van der Waals surface area contributed by atoms with Crippen molar-refractivity contribution in [1.82, 2.24) is 14.7 Å². The number of rotatable bonds is 6. The van der Waals surface area contributed by atoms with Gasteiger partial charge < -0.3 is 29.1 Å². The summed E-state index contributed by atoms with van der Waals surface area (Å²) in [5.41, 5.74) is 0.533. The highest BCUT2D eigenvalue weighted by Crippen LogP contribution is 2.40. The van der Waals surface area contributed by atoms with Crippen molar-refractivity contribution in [2.24, 2.45) is 0 Å². The van der Waals surface area contributed by atoms with Crippen molar-refractivity contribution in [3.63, 3.8) is 0 Å². The zero-order valence-corrected chi connectivity index (χ0v) is 22.2. The molecule has 3 heterocycles. The van der Waals surface area contributed by atoms with E-state index < -0.39 is 5.54 Å². The summed E-state index contributed by atoms with van der Waals surface area (Å²) < 4.78 is 10.9. The van der Waals surface area contributed by atoms with E-state index >= 15 is 0 Å². The second-order valence-corrected chi connectivity index (χ2v) is 10.2. The summed E-state index contributed by atoms with van der Waals surface area (Å²) in [7, 11) is 3.07. The molecule has 3 aliphatic heterocycles. The van der Waals surface area contributed by atoms with E-state index in [4.69, 9.17) is 9.47 Å². The molecule has 9 nitrogen and oxygen atoms in total. The summed E-state index contributed by atoms with van der Waals surface area (Å²) in [4.78, 5) is 48.1. The van der Waals surface area contributed by atoms with Gasteiger partial charge in [-0.3, -0.25) is 14.4 Å². The molecule has 1 spiro atoms. The van der Waals surface area contributed by atoms with E-state index in [-0.39, 0.29) is 24.3 Å². The van der Waals surface area contributed by atoms with Crippen LogP contribution in [0.3, 0.4) is 0 Å². The Bertz CT molecular complexity index is 1150. The van der Waals surface area contributed by atoms with E-state index in [0.29, 0.717) is 49.7 Å². The molecule has 0 aromatic heterocycles. The van der Waals surface area contributed by atoms with Gasteiger partial charge in [-0.1, -0.05) is 24.3 Å². The molecule has 0 N–H and O–H groups in total. The van der Waals surface area contributed by atoms with Gasteiger partial charge in [-0.25, -0.2) is 0 Å². The lowest BCUT2D eigenvalue weighted by Gasteiger charge is -2.43. The Morgan fingerprint density at radius 2 is 1.45 bits per heavy atom. The molecule has 0 saturated carbocycles. The second kappa shape index (κ2) is 10.9. The molecule has 2 aromatic carbocycles. The number of hydrogen-bond donors (Lipinski definition) is 0. The number of methoxy groups -OCH3 is 2. The van der Waals surface area contributed by atoms with E-state index in [2.05, 4.69) is 4.90 Å². The maximum Gasteiger partial charge on any atom is 0.261 e. The highest BCUT2D eigenvalue weighted by Gasteiger charge is 2.54. The number of likely N-dealkylation sites (tertiary alicyclic amines) is 2. The molecule has 3 saturated heterocycles. The van der Waals surface area contributed by atoms with Crippen molar-refractivity contribution in [3.8, 4) is 11.5 Å². The Labute approximate surface area is 223 Å². The third-order valence-electron chi connectivity index (χ3n) is 8.14. The van der Waals surface area contributed by atoms with Crippen molar-refractivity contribution in [1.29, 1.82) is 0 Å². The van der Waals surface area contributed by atoms with Crippen LogP contribution in [0.25, 0.3) is 0 Å². The van der Waals surface area contributed by atoms with Gasteiger partial charge in [-0.2, -0.15) is 0 Å². The van der Waals surface area contributed by atoms with Crippen molar-refractivity contribution in [2.75, 3.05) is 58.5 Å². The summed E-state index contributed by atoms with van der Waals surface area (Å²) in [6.45, 7) is 2.78. The number of anilines is 1. The standard InChI is InChI=1S/C29H36N4O5/c1-37-23-12-9-13-24(38-2)26(23)27(35)31-18-14-29(15-19-31)28(36)32(20-25(34)30-16-7-4-8-17-30)21-33(29)22-10-5-3-6-11-22/h3,5-6,9-13H,4,7-8,14-21H2,1-2H3. The predicted molar refractivity (Wildman–Crippen MR) is 143 cm³/mol. The van der Waals surface area contributed by atoms with Crippen LogP contribution in [-0.2, 0) is 9.59 Å². The Morgan fingerprint density at radius 1 is 0.816 bits per heavy atom. The van der Waals surface area contributed by atoms with Crippen LogP contribution < -0.4 is 14.4 Å². The Balaban J connectivity index is 1.37. The topological polar surface area (TPSA) is 82.6 Å². The monoisotopic (exact) mass is 520 g/mol. The van der Waals surface area contributed by atoms with Crippen molar-refractivity contribution < 1.29 is 23.9 Å². The summed E-state index contributed by atoms with van der Waals surface area (Å²) >= 11 is 0. The summed E-state index contributed by atoms with van der Waals surface area (Å²) in [5.74, 6) is 0.718. The minimum Gasteiger partial charge on any atom is -0.496 e. The van der Waals surface area contributed by atoms with Gasteiger partial charge in [0, 0.05) is 31.9 Å². The average Bonchev–Trinajstić information content (AvgIpc) is 3.23. The molecule has 0 aliphatic carbocycles. The molecule has 38 heavy (non-hydrogen) atoms. The predicted octanol–water partition coefficient (Wildman–Crippen LogP) is 3.00. The van der Waals surface area contributed by atoms with Gasteiger partial charge in [0.15, 0.2) is 0 Å².